The van der Waals surface area contributed by atoms with E-state index in [4.69, 9.17) is 19.9 Å². The molecule has 0 bridgehead atoms. The largest absolute Gasteiger partial charge is 0.496 e. The molecule has 140 valence electrons. The van der Waals surface area contributed by atoms with Crippen LogP contribution in [0.4, 0.5) is 0 Å². The number of hydrogen-bond donors (Lipinski definition) is 2. The highest BCUT2D eigenvalue weighted by Gasteiger charge is 2.36. The number of nitrogens with zero attached hydrogens (tertiary/aromatic N) is 2. The molecule has 1 aromatic carbocycles. The van der Waals surface area contributed by atoms with E-state index in [0.29, 0.717) is 17.0 Å². The van der Waals surface area contributed by atoms with Gasteiger partial charge in [-0.25, -0.2) is 0 Å². The molecule has 3 N–H and O–H groups in total. The van der Waals surface area contributed by atoms with Crippen molar-refractivity contribution in [2.45, 2.75) is 19.3 Å². The Balaban J connectivity index is 2.12. The normalized spacial score (nSPS) is 15.6. The predicted molar refractivity (Wildman–Crippen MR) is 98.9 cm³/mol. The average Bonchev–Trinajstić information content (AvgIpc) is 3.02. The quantitative estimate of drug-likeness (QED) is 0.695. The van der Waals surface area contributed by atoms with Crippen molar-refractivity contribution < 1.29 is 19.0 Å². The van der Waals surface area contributed by atoms with Crippen LogP contribution in [0.15, 0.2) is 34.1 Å². The molecule has 9 heteroatoms. The van der Waals surface area contributed by atoms with Crippen molar-refractivity contribution in [3.8, 4) is 17.7 Å². The third kappa shape index (κ3) is 3.48. The number of rotatable bonds is 5. The Bertz CT molecular complexity index is 961. The molecule has 1 aliphatic heterocycles. The van der Waals surface area contributed by atoms with Crippen LogP contribution >= 0.6 is 15.9 Å². The van der Waals surface area contributed by atoms with Gasteiger partial charge in [-0.3, -0.25) is 9.89 Å². The number of aromatic nitrogens is 2. The first-order valence-electron chi connectivity index (χ1n) is 8.13. The highest BCUT2D eigenvalue weighted by Crippen LogP contribution is 2.44. The third-order valence-electron chi connectivity index (χ3n) is 4.15. The van der Waals surface area contributed by atoms with Gasteiger partial charge in [0.2, 0.25) is 11.8 Å². The molecule has 0 saturated carbocycles. The lowest BCUT2D eigenvalue weighted by atomic mass is 9.83. The first kappa shape index (κ1) is 18.8. The first-order chi connectivity index (χ1) is 13.0. The van der Waals surface area contributed by atoms with E-state index in [2.05, 4.69) is 32.2 Å². The predicted octanol–water partition coefficient (Wildman–Crippen LogP) is 2.50. The van der Waals surface area contributed by atoms with Gasteiger partial charge in [-0.1, -0.05) is 6.07 Å². The van der Waals surface area contributed by atoms with E-state index in [0.717, 1.165) is 10.0 Å². The number of H-pyrrole nitrogens is 1. The molecule has 1 unspecified atom stereocenters. The number of nitrogens with two attached hydrogens (primary N) is 1. The number of fused-ring (bicyclic) bond motifs is 1. The number of nitriles is 1. The number of esters is 1. The third-order valence-corrected chi connectivity index (χ3v) is 4.77. The Labute approximate surface area is 164 Å². The molecule has 1 aromatic heterocycles. The van der Waals surface area contributed by atoms with Crippen LogP contribution in [0, 0.1) is 11.3 Å². The fourth-order valence-corrected chi connectivity index (χ4v) is 3.55. The van der Waals surface area contributed by atoms with Crippen molar-refractivity contribution in [2.24, 2.45) is 5.73 Å². The number of nitrogens with one attached hydrogen (secondary N) is 1. The van der Waals surface area contributed by atoms with Crippen molar-refractivity contribution in [3.63, 3.8) is 0 Å². The molecule has 27 heavy (non-hydrogen) atoms. The number of ether oxygens (including phenoxy) is 3. The number of carbonyl (C=O) groups is 1. The second-order valence-electron chi connectivity index (χ2n) is 5.72. The van der Waals surface area contributed by atoms with Gasteiger partial charge in [0.25, 0.3) is 0 Å². The van der Waals surface area contributed by atoms with Crippen molar-refractivity contribution in [1.82, 2.24) is 10.2 Å². The molecule has 2 aromatic rings. The Hall–Kier alpha value is -2.99. The van der Waals surface area contributed by atoms with E-state index >= 15 is 0 Å². The number of hydrogen-bond acceptors (Lipinski definition) is 7. The van der Waals surface area contributed by atoms with Crippen molar-refractivity contribution >= 4 is 21.9 Å². The number of methoxy groups -OCH3 is 1. The lowest BCUT2D eigenvalue weighted by Gasteiger charge is -2.24. The molecule has 2 heterocycles. The monoisotopic (exact) mass is 432 g/mol. The minimum absolute atomic E-state index is 0.0175. The zero-order valence-corrected chi connectivity index (χ0v) is 16.3. The Kier molecular flexibility index (Phi) is 5.37. The van der Waals surface area contributed by atoms with Crippen LogP contribution in [0.3, 0.4) is 0 Å². The van der Waals surface area contributed by atoms with Crippen molar-refractivity contribution in [3.05, 3.63) is 50.9 Å². The average molecular weight is 433 g/mol. The maximum atomic E-state index is 12.0. The van der Waals surface area contributed by atoms with Crippen LogP contribution < -0.4 is 15.2 Å². The molecule has 0 fully saturated rings. The first-order valence-corrected chi connectivity index (χ1v) is 8.93. The fraction of sp³-hybridized carbons (Fsp3) is 0.278. The van der Waals surface area contributed by atoms with Crippen LogP contribution in [0.5, 0.6) is 11.6 Å². The molecule has 0 aliphatic carbocycles. The van der Waals surface area contributed by atoms with Crippen LogP contribution in [-0.4, -0.2) is 29.9 Å². The molecule has 0 amide bonds. The fourth-order valence-electron chi connectivity index (χ4n) is 3.00. The lowest BCUT2D eigenvalue weighted by Crippen LogP contribution is -2.22. The second kappa shape index (κ2) is 7.72. The van der Waals surface area contributed by atoms with E-state index < -0.39 is 11.9 Å². The highest BCUT2D eigenvalue weighted by atomic mass is 79.9. The van der Waals surface area contributed by atoms with Crippen LogP contribution in [-0.2, 0) is 16.0 Å². The van der Waals surface area contributed by atoms with E-state index in [1.807, 2.05) is 12.1 Å². The maximum absolute atomic E-state index is 12.0. The van der Waals surface area contributed by atoms with Gasteiger partial charge in [0.1, 0.15) is 17.4 Å². The van der Waals surface area contributed by atoms with Gasteiger partial charge < -0.3 is 19.9 Å². The van der Waals surface area contributed by atoms with Crippen LogP contribution in [0.25, 0.3) is 0 Å². The van der Waals surface area contributed by atoms with Crippen molar-refractivity contribution in [2.75, 3.05) is 13.7 Å². The summed E-state index contributed by atoms with van der Waals surface area (Å²) in [6.07, 6.45) is -0.0219. The lowest BCUT2D eigenvalue weighted by molar-refractivity contribution is -0.142. The van der Waals surface area contributed by atoms with Gasteiger partial charge in [0.15, 0.2) is 0 Å². The standard InChI is InChI=1S/C18H17BrN4O4/c1-3-26-14(24)7-12-16-15(9-4-5-13(25-2)11(19)6-9)10(8-20)17(21)27-18(16)23-22-12/h4-6,15H,3,7,21H2,1-2H3,(H,22,23). The molecular formula is C18H17BrN4O4. The Morgan fingerprint density at radius 3 is 2.93 bits per heavy atom. The van der Waals surface area contributed by atoms with Gasteiger partial charge in [0, 0.05) is 0 Å². The zero-order chi connectivity index (χ0) is 19.6. The second-order valence-corrected chi connectivity index (χ2v) is 6.58. The van der Waals surface area contributed by atoms with Gasteiger partial charge in [-0.15, -0.1) is 5.10 Å². The topological polar surface area (TPSA) is 123 Å². The molecule has 0 saturated heterocycles. The summed E-state index contributed by atoms with van der Waals surface area (Å²) in [5, 5.41) is 16.6. The Morgan fingerprint density at radius 2 is 2.30 bits per heavy atom. The SMILES string of the molecule is CCOC(=O)Cc1[nH]nc2c1C(c1ccc(OC)c(Br)c1)C(C#N)=C(N)O2. The Morgan fingerprint density at radius 1 is 1.52 bits per heavy atom. The summed E-state index contributed by atoms with van der Waals surface area (Å²) in [6.45, 7) is 2.01. The number of halogens is 1. The number of allylic oxidation sites excluding steroid dienone is 1. The molecule has 3 rings (SSSR count). The van der Waals surface area contributed by atoms with E-state index in [1.54, 1.807) is 20.1 Å². The summed E-state index contributed by atoms with van der Waals surface area (Å²) >= 11 is 3.46. The smallest absolute Gasteiger partial charge is 0.311 e. The maximum Gasteiger partial charge on any atom is 0.311 e. The summed E-state index contributed by atoms with van der Waals surface area (Å²) in [5.74, 6) is -0.0666. The van der Waals surface area contributed by atoms with Gasteiger partial charge in [-0.05, 0) is 40.5 Å². The molecule has 1 aliphatic rings. The minimum atomic E-state index is -0.538. The zero-order valence-electron chi connectivity index (χ0n) is 14.7. The number of carbonyl (C=O) groups excluding carboxylic acids is 1. The van der Waals surface area contributed by atoms with E-state index in [9.17, 15) is 10.1 Å². The van der Waals surface area contributed by atoms with Gasteiger partial charge >= 0.3 is 5.97 Å². The summed E-state index contributed by atoms with van der Waals surface area (Å²) < 4.78 is 16.5. The summed E-state index contributed by atoms with van der Waals surface area (Å²) in [7, 11) is 1.57. The van der Waals surface area contributed by atoms with Crippen molar-refractivity contribution in [1.29, 1.82) is 5.26 Å². The molecule has 0 spiro atoms. The highest BCUT2D eigenvalue weighted by molar-refractivity contribution is 9.10. The van der Waals surface area contributed by atoms with E-state index in [1.165, 1.54) is 0 Å². The molecule has 8 nitrogen and oxygen atoms in total. The van der Waals surface area contributed by atoms with E-state index in [-0.39, 0.29) is 30.4 Å². The summed E-state index contributed by atoms with van der Waals surface area (Å²) in [5.41, 5.74) is 8.06. The van der Waals surface area contributed by atoms with Crippen LogP contribution in [0.2, 0.25) is 0 Å². The summed E-state index contributed by atoms with van der Waals surface area (Å²) in [4.78, 5) is 12.0. The molecular weight excluding hydrogens is 416 g/mol. The minimum Gasteiger partial charge on any atom is -0.496 e. The number of aromatic amines is 1. The van der Waals surface area contributed by atoms with Gasteiger partial charge in [-0.2, -0.15) is 5.26 Å². The van der Waals surface area contributed by atoms with Gasteiger partial charge in [0.05, 0.1) is 41.8 Å². The summed E-state index contributed by atoms with van der Waals surface area (Å²) in [6, 6.07) is 7.56. The molecule has 0 radical (unpaired) electrons. The number of benzene rings is 1. The molecule has 1 atom stereocenters. The van der Waals surface area contributed by atoms with Crippen LogP contribution in [0.1, 0.15) is 29.7 Å².